The van der Waals surface area contributed by atoms with Crippen molar-refractivity contribution in [2.75, 3.05) is 0 Å². The molecule has 0 fully saturated rings. The molecule has 2 rings (SSSR count). The van der Waals surface area contributed by atoms with E-state index >= 15 is 0 Å². The predicted molar refractivity (Wildman–Crippen MR) is 65.1 cm³/mol. The number of nitrogens with two attached hydrogens (primary N) is 1. The maximum Gasteiger partial charge on any atom is 0.320 e. The molecule has 0 amide bonds. The molecule has 0 aliphatic heterocycles. The molecule has 2 aromatic heterocycles. The highest BCUT2D eigenvalue weighted by Gasteiger charge is 2.14. The number of aliphatic carboxylic acids is 1. The van der Waals surface area contributed by atoms with Crippen molar-refractivity contribution in [2.45, 2.75) is 19.0 Å². The lowest BCUT2D eigenvalue weighted by Gasteiger charge is -2.01. The number of hydrogen-bond donors (Lipinski definition) is 3. The molecule has 0 aromatic carbocycles. The minimum Gasteiger partial charge on any atom is -0.502 e. The molecule has 0 radical (unpaired) electrons. The number of aromatic hydroxyl groups is 1. The van der Waals surface area contributed by atoms with E-state index in [0.717, 1.165) is 12.3 Å². The van der Waals surface area contributed by atoms with Gasteiger partial charge in [-0.25, -0.2) is 4.68 Å². The molecule has 0 saturated heterocycles. The van der Waals surface area contributed by atoms with E-state index in [1.807, 2.05) is 0 Å². The van der Waals surface area contributed by atoms with Crippen molar-refractivity contribution >= 4 is 5.97 Å². The zero-order valence-electron chi connectivity index (χ0n) is 10.3. The van der Waals surface area contributed by atoms with E-state index in [9.17, 15) is 9.59 Å². The molecule has 2 aromatic rings. The lowest BCUT2D eigenvalue weighted by molar-refractivity contribution is -0.138. The highest BCUT2D eigenvalue weighted by atomic mass is 16.4. The maximum absolute atomic E-state index is 11.2. The average Bonchev–Trinajstić information content (AvgIpc) is 2.81. The monoisotopic (exact) mass is 280 g/mol. The molecule has 4 N–H and O–H groups in total. The number of carboxylic acids is 1. The summed E-state index contributed by atoms with van der Waals surface area (Å²) in [6, 6.07) is 0.0893. The summed E-state index contributed by atoms with van der Waals surface area (Å²) < 4.78 is 6.39. The molecule has 0 bridgehead atoms. The summed E-state index contributed by atoms with van der Waals surface area (Å²) in [7, 11) is 0. The summed E-state index contributed by atoms with van der Waals surface area (Å²) in [5, 5.41) is 25.3. The van der Waals surface area contributed by atoms with E-state index < -0.39 is 23.2 Å². The first-order chi connectivity index (χ1) is 9.45. The summed E-state index contributed by atoms with van der Waals surface area (Å²) in [6.45, 7) is 0.130. The third-order valence-corrected chi connectivity index (χ3v) is 2.52. The van der Waals surface area contributed by atoms with Gasteiger partial charge >= 0.3 is 5.97 Å². The van der Waals surface area contributed by atoms with E-state index in [2.05, 4.69) is 10.3 Å². The number of carbonyl (C=O) groups is 1. The van der Waals surface area contributed by atoms with Crippen LogP contribution in [0.15, 0.2) is 27.7 Å². The molecule has 0 spiro atoms. The molecule has 106 valence electrons. The van der Waals surface area contributed by atoms with Gasteiger partial charge in [0.15, 0.2) is 5.75 Å². The fourth-order valence-electron chi connectivity index (χ4n) is 1.51. The second-order valence-corrected chi connectivity index (χ2v) is 4.15. The normalized spacial score (nSPS) is 12.2. The van der Waals surface area contributed by atoms with Crippen molar-refractivity contribution in [3.63, 3.8) is 0 Å². The van der Waals surface area contributed by atoms with Crippen LogP contribution in [0, 0.1) is 0 Å². The Morgan fingerprint density at radius 3 is 2.95 bits per heavy atom. The van der Waals surface area contributed by atoms with Gasteiger partial charge in [0.05, 0.1) is 5.69 Å². The Morgan fingerprint density at radius 2 is 2.30 bits per heavy atom. The van der Waals surface area contributed by atoms with Gasteiger partial charge in [0.25, 0.3) is 0 Å². The topological polar surface area (TPSA) is 144 Å². The molecule has 0 aliphatic carbocycles. The van der Waals surface area contributed by atoms with Crippen LogP contribution in [0.5, 0.6) is 5.75 Å². The van der Waals surface area contributed by atoms with Crippen molar-refractivity contribution in [1.82, 2.24) is 15.0 Å². The van der Waals surface area contributed by atoms with Crippen molar-refractivity contribution in [2.24, 2.45) is 5.73 Å². The molecule has 1 atom stereocenters. The van der Waals surface area contributed by atoms with E-state index in [4.69, 9.17) is 20.4 Å². The Bertz CT molecular complexity index is 677. The van der Waals surface area contributed by atoms with Gasteiger partial charge in [-0.3, -0.25) is 9.59 Å². The van der Waals surface area contributed by atoms with E-state index in [1.165, 1.54) is 10.9 Å². The van der Waals surface area contributed by atoms with Crippen molar-refractivity contribution in [1.29, 1.82) is 0 Å². The summed E-state index contributed by atoms with van der Waals surface area (Å²) in [5.41, 5.74) is 5.24. The standard InChI is InChI=1S/C11H12N4O5/c12-8(11(18)19)1-6-3-15(14-13-6)4-7-2-9(16)10(17)5-20-7/h2-3,5,8,17H,1,4,12H2,(H,18,19). The van der Waals surface area contributed by atoms with Crippen LogP contribution in [-0.2, 0) is 17.8 Å². The van der Waals surface area contributed by atoms with Crippen LogP contribution in [0.2, 0.25) is 0 Å². The van der Waals surface area contributed by atoms with Crippen LogP contribution < -0.4 is 11.2 Å². The van der Waals surface area contributed by atoms with Gasteiger partial charge in [0.2, 0.25) is 5.43 Å². The van der Waals surface area contributed by atoms with E-state index in [1.54, 1.807) is 0 Å². The molecule has 0 aliphatic rings. The summed E-state index contributed by atoms with van der Waals surface area (Å²) in [6.07, 6.45) is 2.50. The lowest BCUT2D eigenvalue weighted by Crippen LogP contribution is -2.32. The minimum absolute atomic E-state index is 0.0505. The zero-order valence-corrected chi connectivity index (χ0v) is 10.3. The zero-order chi connectivity index (χ0) is 14.7. The summed E-state index contributed by atoms with van der Waals surface area (Å²) in [5.74, 6) is -1.31. The minimum atomic E-state index is -1.12. The molecular formula is C11H12N4O5. The van der Waals surface area contributed by atoms with Crippen LogP contribution >= 0.6 is 0 Å². The Kier molecular flexibility index (Phi) is 3.80. The Morgan fingerprint density at radius 1 is 1.55 bits per heavy atom. The van der Waals surface area contributed by atoms with Gasteiger partial charge in [-0.15, -0.1) is 5.10 Å². The first-order valence-corrected chi connectivity index (χ1v) is 5.64. The first-order valence-electron chi connectivity index (χ1n) is 5.64. The number of rotatable bonds is 5. The van der Waals surface area contributed by atoms with Gasteiger partial charge in [-0.05, 0) is 0 Å². The predicted octanol–water partition coefficient (Wildman–Crippen LogP) is -1.06. The third kappa shape index (κ3) is 3.20. The number of aromatic nitrogens is 3. The van der Waals surface area contributed by atoms with Crippen molar-refractivity contribution < 1.29 is 19.4 Å². The number of carboxylic acid groups (broad SMARTS) is 1. The Balaban J connectivity index is 2.07. The third-order valence-electron chi connectivity index (χ3n) is 2.52. The van der Waals surface area contributed by atoms with Gasteiger partial charge in [-0.1, -0.05) is 5.21 Å². The van der Waals surface area contributed by atoms with E-state index in [-0.39, 0.29) is 18.7 Å². The molecule has 9 heteroatoms. The number of nitrogens with zero attached hydrogens (tertiary/aromatic N) is 3. The fraction of sp³-hybridized carbons (Fsp3) is 0.273. The van der Waals surface area contributed by atoms with Crippen LogP contribution in [-0.4, -0.2) is 37.2 Å². The van der Waals surface area contributed by atoms with Crippen molar-refractivity contribution in [3.05, 3.63) is 40.2 Å². The second kappa shape index (κ2) is 5.53. The first kappa shape index (κ1) is 13.7. The summed E-state index contributed by atoms with van der Waals surface area (Å²) in [4.78, 5) is 21.8. The SMILES string of the molecule is NC(Cc1cn(Cc2cc(=O)c(O)co2)nn1)C(=O)O. The molecular weight excluding hydrogens is 268 g/mol. The highest BCUT2D eigenvalue weighted by molar-refractivity contribution is 5.73. The Labute approximate surface area is 112 Å². The summed E-state index contributed by atoms with van der Waals surface area (Å²) >= 11 is 0. The van der Waals surface area contributed by atoms with Crippen LogP contribution in [0.25, 0.3) is 0 Å². The van der Waals surface area contributed by atoms with Gasteiger partial charge in [0.1, 0.15) is 24.6 Å². The van der Waals surface area contributed by atoms with Gasteiger partial charge in [-0.2, -0.15) is 0 Å². The molecule has 20 heavy (non-hydrogen) atoms. The second-order valence-electron chi connectivity index (χ2n) is 4.15. The quantitative estimate of drug-likeness (QED) is 0.628. The van der Waals surface area contributed by atoms with Crippen molar-refractivity contribution in [3.8, 4) is 5.75 Å². The molecule has 2 heterocycles. The van der Waals surface area contributed by atoms with Crippen LogP contribution in [0.3, 0.4) is 0 Å². The highest BCUT2D eigenvalue weighted by Crippen LogP contribution is 2.06. The van der Waals surface area contributed by atoms with Gasteiger partial charge in [0, 0.05) is 18.7 Å². The average molecular weight is 280 g/mol. The largest absolute Gasteiger partial charge is 0.502 e. The van der Waals surface area contributed by atoms with E-state index in [0.29, 0.717) is 5.69 Å². The molecule has 9 nitrogen and oxygen atoms in total. The van der Waals surface area contributed by atoms with Crippen LogP contribution in [0.4, 0.5) is 0 Å². The molecule has 1 unspecified atom stereocenters. The van der Waals surface area contributed by atoms with Gasteiger partial charge < -0.3 is 20.4 Å². The lowest BCUT2D eigenvalue weighted by atomic mass is 10.2. The maximum atomic E-state index is 11.2. The fourth-order valence-corrected chi connectivity index (χ4v) is 1.51. The smallest absolute Gasteiger partial charge is 0.320 e. The molecule has 0 saturated carbocycles. The number of hydrogen-bond acceptors (Lipinski definition) is 7. The van der Waals surface area contributed by atoms with Crippen LogP contribution in [0.1, 0.15) is 11.5 Å². The Hall–Kier alpha value is -2.68.